The van der Waals surface area contributed by atoms with Crippen molar-refractivity contribution in [3.05, 3.63) is 47.5 Å². The van der Waals surface area contributed by atoms with Crippen molar-refractivity contribution in [2.24, 2.45) is 5.92 Å². The van der Waals surface area contributed by atoms with E-state index < -0.39 is 0 Å². The molecule has 0 aliphatic rings. The quantitative estimate of drug-likeness (QED) is 0.848. The molecule has 0 unspecified atom stereocenters. The zero-order valence-corrected chi connectivity index (χ0v) is 13.4. The van der Waals surface area contributed by atoms with Crippen molar-refractivity contribution in [2.45, 2.75) is 33.9 Å². The lowest BCUT2D eigenvalue weighted by Gasteiger charge is -2.20. The summed E-state index contributed by atoms with van der Waals surface area (Å²) >= 11 is 0. The molecule has 0 amide bonds. The largest absolute Gasteiger partial charge is 0.472 e. The maximum atomic E-state index is 5.11. The number of aromatic nitrogens is 1. The van der Waals surface area contributed by atoms with Gasteiger partial charge in [0.25, 0.3) is 0 Å². The Bertz CT molecular complexity index is 549. The van der Waals surface area contributed by atoms with Gasteiger partial charge in [-0.25, -0.2) is 4.98 Å². The highest BCUT2D eigenvalue weighted by atomic mass is 16.3. The second-order valence-corrected chi connectivity index (χ2v) is 6.00. The summed E-state index contributed by atoms with van der Waals surface area (Å²) in [6.07, 6.45) is 5.44. The third-order valence-corrected chi connectivity index (χ3v) is 3.35. The van der Waals surface area contributed by atoms with Crippen molar-refractivity contribution >= 4 is 5.82 Å². The van der Waals surface area contributed by atoms with E-state index in [0.29, 0.717) is 5.92 Å². The van der Waals surface area contributed by atoms with Crippen LogP contribution >= 0.6 is 0 Å². The fraction of sp³-hybridized carbons (Fsp3) is 0.471. The summed E-state index contributed by atoms with van der Waals surface area (Å²) in [6, 6.07) is 4.19. The molecule has 0 aromatic carbocycles. The van der Waals surface area contributed by atoms with Gasteiger partial charge in [0, 0.05) is 31.9 Å². The molecule has 0 bridgehead atoms. The molecule has 0 aliphatic heterocycles. The van der Waals surface area contributed by atoms with Crippen LogP contribution in [0.2, 0.25) is 0 Å². The Hall–Kier alpha value is -1.81. The van der Waals surface area contributed by atoms with E-state index in [1.54, 1.807) is 12.5 Å². The second kappa shape index (κ2) is 7.27. The van der Waals surface area contributed by atoms with Crippen LogP contribution in [0.5, 0.6) is 0 Å². The van der Waals surface area contributed by atoms with E-state index in [0.717, 1.165) is 31.0 Å². The standard InChI is InChI=1S/C17H25N3O/c1-13(2)8-18-9-16-7-14(3)17(19-10-16)20(4)11-15-5-6-21-12-15/h5-7,10,12-13,18H,8-9,11H2,1-4H3. The molecule has 114 valence electrons. The molecule has 0 saturated heterocycles. The van der Waals surface area contributed by atoms with Crippen LogP contribution in [-0.4, -0.2) is 18.6 Å². The van der Waals surface area contributed by atoms with Crippen molar-refractivity contribution in [1.29, 1.82) is 0 Å². The number of nitrogens with zero attached hydrogens (tertiary/aromatic N) is 2. The molecule has 2 heterocycles. The van der Waals surface area contributed by atoms with Crippen LogP contribution in [0.15, 0.2) is 35.3 Å². The van der Waals surface area contributed by atoms with E-state index in [1.807, 2.05) is 12.3 Å². The van der Waals surface area contributed by atoms with Gasteiger partial charge < -0.3 is 14.6 Å². The maximum Gasteiger partial charge on any atom is 0.131 e. The summed E-state index contributed by atoms with van der Waals surface area (Å²) in [6.45, 7) is 9.24. The fourth-order valence-corrected chi connectivity index (χ4v) is 2.36. The van der Waals surface area contributed by atoms with Crippen molar-refractivity contribution in [3.63, 3.8) is 0 Å². The Labute approximate surface area is 127 Å². The van der Waals surface area contributed by atoms with E-state index in [9.17, 15) is 0 Å². The number of pyridine rings is 1. The van der Waals surface area contributed by atoms with E-state index in [2.05, 4.69) is 49.1 Å². The summed E-state index contributed by atoms with van der Waals surface area (Å²) in [5.41, 5.74) is 3.58. The Morgan fingerprint density at radius 1 is 1.33 bits per heavy atom. The molecule has 4 nitrogen and oxygen atoms in total. The number of rotatable bonds is 7. The summed E-state index contributed by atoms with van der Waals surface area (Å²) in [4.78, 5) is 6.76. The van der Waals surface area contributed by atoms with Gasteiger partial charge in [-0.2, -0.15) is 0 Å². The summed E-state index contributed by atoms with van der Waals surface area (Å²) < 4.78 is 5.11. The number of nitrogens with one attached hydrogen (secondary N) is 1. The van der Waals surface area contributed by atoms with Crippen LogP contribution < -0.4 is 10.2 Å². The van der Waals surface area contributed by atoms with Crippen molar-refractivity contribution in [1.82, 2.24) is 10.3 Å². The highest BCUT2D eigenvalue weighted by molar-refractivity contribution is 5.47. The first-order valence-electron chi connectivity index (χ1n) is 7.44. The van der Waals surface area contributed by atoms with Crippen molar-refractivity contribution in [2.75, 3.05) is 18.5 Å². The number of anilines is 1. The second-order valence-electron chi connectivity index (χ2n) is 6.00. The summed E-state index contributed by atoms with van der Waals surface area (Å²) in [5.74, 6) is 1.68. The van der Waals surface area contributed by atoms with Gasteiger partial charge in [0.1, 0.15) is 5.82 Å². The summed E-state index contributed by atoms with van der Waals surface area (Å²) in [5, 5.41) is 3.45. The highest BCUT2D eigenvalue weighted by Crippen LogP contribution is 2.19. The number of aryl methyl sites for hydroxylation is 1. The van der Waals surface area contributed by atoms with E-state index in [1.165, 1.54) is 11.1 Å². The molecule has 0 atom stereocenters. The Kier molecular flexibility index (Phi) is 5.39. The first kappa shape index (κ1) is 15.6. The van der Waals surface area contributed by atoms with Crippen LogP contribution in [0.25, 0.3) is 0 Å². The van der Waals surface area contributed by atoms with E-state index >= 15 is 0 Å². The lowest BCUT2D eigenvalue weighted by Crippen LogP contribution is -2.21. The average Bonchev–Trinajstić information content (AvgIpc) is 2.91. The van der Waals surface area contributed by atoms with Gasteiger partial charge >= 0.3 is 0 Å². The van der Waals surface area contributed by atoms with Crippen LogP contribution in [0.1, 0.15) is 30.5 Å². The lowest BCUT2D eigenvalue weighted by molar-refractivity contribution is 0.551. The normalized spacial score (nSPS) is 11.1. The first-order chi connectivity index (χ1) is 10.1. The molecular weight excluding hydrogens is 262 g/mol. The predicted molar refractivity (Wildman–Crippen MR) is 86.3 cm³/mol. The third kappa shape index (κ3) is 4.60. The molecular formula is C17H25N3O. The highest BCUT2D eigenvalue weighted by Gasteiger charge is 2.08. The molecule has 4 heteroatoms. The van der Waals surface area contributed by atoms with Crippen LogP contribution in [0.3, 0.4) is 0 Å². The molecule has 2 aromatic rings. The molecule has 0 aliphatic carbocycles. The first-order valence-corrected chi connectivity index (χ1v) is 7.44. The molecule has 21 heavy (non-hydrogen) atoms. The molecule has 0 spiro atoms. The molecule has 1 N–H and O–H groups in total. The Morgan fingerprint density at radius 2 is 2.14 bits per heavy atom. The maximum absolute atomic E-state index is 5.11. The van der Waals surface area contributed by atoms with Gasteiger partial charge in [-0.3, -0.25) is 0 Å². The van der Waals surface area contributed by atoms with Crippen LogP contribution in [0, 0.1) is 12.8 Å². The number of furan rings is 1. The van der Waals surface area contributed by atoms with Gasteiger partial charge in [0.05, 0.1) is 12.5 Å². The van der Waals surface area contributed by atoms with Gasteiger partial charge in [0.2, 0.25) is 0 Å². The van der Waals surface area contributed by atoms with Gasteiger partial charge in [-0.05, 0) is 42.6 Å². The zero-order chi connectivity index (χ0) is 15.2. The number of hydrogen-bond acceptors (Lipinski definition) is 4. The van der Waals surface area contributed by atoms with Gasteiger partial charge in [-0.15, -0.1) is 0 Å². The Morgan fingerprint density at radius 3 is 2.76 bits per heavy atom. The molecule has 2 aromatic heterocycles. The fourth-order valence-electron chi connectivity index (χ4n) is 2.36. The third-order valence-electron chi connectivity index (χ3n) is 3.35. The molecule has 0 fully saturated rings. The van der Waals surface area contributed by atoms with E-state index in [4.69, 9.17) is 4.42 Å². The van der Waals surface area contributed by atoms with Crippen LogP contribution in [-0.2, 0) is 13.1 Å². The Balaban J connectivity index is 1.98. The summed E-state index contributed by atoms with van der Waals surface area (Å²) in [7, 11) is 2.05. The average molecular weight is 287 g/mol. The number of hydrogen-bond donors (Lipinski definition) is 1. The lowest BCUT2D eigenvalue weighted by atomic mass is 10.1. The van der Waals surface area contributed by atoms with Crippen LogP contribution in [0.4, 0.5) is 5.82 Å². The minimum absolute atomic E-state index is 0.666. The minimum Gasteiger partial charge on any atom is -0.472 e. The van der Waals surface area contributed by atoms with E-state index in [-0.39, 0.29) is 0 Å². The van der Waals surface area contributed by atoms with Crippen molar-refractivity contribution < 1.29 is 4.42 Å². The molecule has 0 radical (unpaired) electrons. The molecule has 0 saturated carbocycles. The topological polar surface area (TPSA) is 41.3 Å². The smallest absolute Gasteiger partial charge is 0.131 e. The zero-order valence-electron chi connectivity index (χ0n) is 13.4. The molecule has 2 rings (SSSR count). The SMILES string of the molecule is Cc1cc(CNCC(C)C)cnc1N(C)Cc1ccoc1. The predicted octanol–water partition coefficient (Wildman–Crippen LogP) is 3.37. The minimum atomic E-state index is 0.666. The van der Waals surface area contributed by atoms with Crippen molar-refractivity contribution in [3.8, 4) is 0 Å². The van der Waals surface area contributed by atoms with Gasteiger partial charge in [0.15, 0.2) is 0 Å². The van der Waals surface area contributed by atoms with Gasteiger partial charge in [-0.1, -0.05) is 13.8 Å². The monoisotopic (exact) mass is 287 g/mol.